The van der Waals surface area contributed by atoms with Crippen LogP contribution in [0.3, 0.4) is 0 Å². The highest BCUT2D eigenvalue weighted by Gasteiger charge is 2.57. The highest BCUT2D eigenvalue weighted by atomic mass is 32.2. The normalized spacial score (nSPS) is 30.9. The molecule has 0 aromatic rings. The van der Waals surface area contributed by atoms with Crippen LogP contribution >= 0.6 is 11.8 Å². The monoisotopic (exact) mass is 282 g/mol. The number of allylic oxidation sites excluding steroid dienone is 1. The molecule has 0 bridgehead atoms. The fourth-order valence-electron chi connectivity index (χ4n) is 2.74. The summed E-state index contributed by atoms with van der Waals surface area (Å²) in [7, 11) is 0. The van der Waals surface area contributed by atoms with Crippen LogP contribution < -0.4 is 0 Å². The highest BCUT2D eigenvalue weighted by molar-refractivity contribution is 8.16. The lowest BCUT2D eigenvalue weighted by molar-refractivity contribution is -0.134. The molecule has 0 saturated carbocycles. The van der Waals surface area contributed by atoms with Crippen LogP contribution in [0, 0.1) is 5.41 Å². The van der Waals surface area contributed by atoms with Gasteiger partial charge in [0.1, 0.15) is 0 Å². The molecule has 0 N–H and O–H groups in total. The van der Waals surface area contributed by atoms with Crippen LogP contribution in [0.1, 0.15) is 65.7 Å². The van der Waals surface area contributed by atoms with E-state index in [9.17, 15) is 9.59 Å². The Bertz CT molecular complexity index is 364. The second kappa shape index (κ2) is 6.74. The van der Waals surface area contributed by atoms with Gasteiger partial charge in [0.2, 0.25) is 5.12 Å². The van der Waals surface area contributed by atoms with Gasteiger partial charge in [-0.25, -0.2) is 0 Å². The Morgan fingerprint density at radius 2 is 1.79 bits per heavy atom. The van der Waals surface area contributed by atoms with Crippen molar-refractivity contribution in [2.45, 2.75) is 70.5 Å². The maximum atomic E-state index is 12.6. The van der Waals surface area contributed by atoms with E-state index in [0.29, 0.717) is 6.42 Å². The van der Waals surface area contributed by atoms with Crippen LogP contribution in [0.15, 0.2) is 12.7 Å². The largest absolute Gasteiger partial charge is 0.297 e. The van der Waals surface area contributed by atoms with Gasteiger partial charge >= 0.3 is 0 Å². The Morgan fingerprint density at radius 1 is 1.16 bits per heavy atom. The van der Waals surface area contributed by atoms with Gasteiger partial charge < -0.3 is 0 Å². The number of rotatable bonds is 8. The molecule has 1 saturated heterocycles. The van der Waals surface area contributed by atoms with Gasteiger partial charge in [0.05, 0.1) is 10.2 Å². The van der Waals surface area contributed by atoms with Crippen LogP contribution in [0.25, 0.3) is 0 Å². The topological polar surface area (TPSA) is 34.1 Å². The molecule has 19 heavy (non-hydrogen) atoms. The first-order chi connectivity index (χ1) is 8.90. The van der Waals surface area contributed by atoms with E-state index >= 15 is 0 Å². The maximum Gasteiger partial charge on any atom is 0.203 e. The predicted molar refractivity (Wildman–Crippen MR) is 82.3 cm³/mol. The van der Waals surface area contributed by atoms with E-state index in [1.807, 2.05) is 6.92 Å². The summed E-state index contributed by atoms with van der Waals surface area (Å²) < 4.78 is -0.513. The maximum absolute atomic E-state index is 12.6. The second-order valence-electron chi connectivity index (χ2n) is 5.94. The third kappa shape index (κ3) is 3.50. The molecular weight excluding hydrogens is 256 g/mol. The first-order valence-corrected chi connectivity index (χ1v) is 8.11. The summed E-state index contributed by atoms with van der Waals surface area (Å²) in [6, 6.07) is 0. The standard InChI is InChI=1S/C16H26O2S/c1-5-7-8-9-10-12-16(4)13(17)15(3,11-6-2)14(18)19-16/h6H,2,5,7-12H2,1,3-4H3/t15?,16-/m1/s1. The quantitative estimate of drug-likeness (QED) is 0.372. The zero-order chi connectivity index (χ0) is 14.5. The summed E-state index contributed by atoms with van der Waals surface area (Å²) in [5.41, 5.74) is -0.843. The third-order valence-corrected chi connectivity index (χ3v) is 5.54. The van der Waals surface area contributed by atoms with E-state index in [-0.39, 0.29) is 10.9 Å². The molecule has 1 unspecified atom stereocenters. The molecule has 2 nitrogen and oxygen atoms in total. The van der Waals surface area contributed by atoms with Crippen LogP contribution in [-0.4, -0.2) is 15.6 Å². The lowest BCUT2D eigenvalue weighted by atomic mass is 9.77. The van der Waals surface area contributed by atoms with E-state index in [1.54, 1.807) is 13.0 Å². The zero-order valence-electron chi connectivity index (χ0n) is 12.5. The van der Waals surface area contributed by atoms with Gasteiger partial charge in [0, 0.05) is 0 Å². The average molecular weight is 282 g/mol. The molecule has 3 heteroatoms. The Balaban J connectivity index is 2.60. The van der Waals surface area contributed by atoms with Crippen molar-refractivity contribution in [1.29, 1.82) is 0 Å². The van der Waals surface area contributed by atoms with Crippen LogP contribution in [0.2, 0.25) is 0 Å². The Kier molecular flexibility index (Phi) is 5.84. The lowest BCUT2D eigenvalue weighted by Gasteiger charge is -2.23. The van der Waals surface area contributed by atoms with Gasteiger partial charge in [-0.1, -0.05) is 56.9 Å². The minimum absolute atomic E-state index is 0.0217. The van der Waals surface area contributed by atoms with Crippen LogP contribution in [-0.2, 0) is 9.59 Å². The summed E-state index contributed by atoms with van der Waals surface area (Å²) >= 11 is 1.25. The number of thioether (sulfide) groups is 1. The smallest absolute Gasteiger partial charge is 0.203 e. The predicted octanol–water partition coefficient (Wildman–Crippen LogP) is 4.53. The summed E-state index contributed by atoms with van der Waals surface area (Å²) in [6.07, 6.45) is 8.86. The van der Waals surface area contributed by atoms with E-state index in [4.69, 9.17) is 0 Å². The van der Waals surface area contributed by atoms with Gasteiger partial charge in [0.15, 0.2) is 5.78 Å². The molecule has 1 aliphatic rings. The lowest BCUT2D eigenvalue weighted by Crippen LogP contribution is -2.37. The molecular formula is C16H26O2S. The second-order valence-corrected chi connectivity index (χ2v) is 7.41. The fraction of sp³-hybridized carbons (Fsp3) is 0.750. The van der Waals surface area contributed by atoms with Crippen molar-refractivity contribution < 1.29 is 9.59 Å². The molecule has 0 radical (unpaired) electrons. The van der Waals surface area contributed by atoms with Gasteiger partial charge in [-0.05, 0) is 26.7 Å². The van der Waals surface area contributed by atoms with Crippen molar-refractivity contribution in [3.63, 3.8) is 0 Å². The van der Waals surface area contributed by atoms with Crippen molar-refractivity contribution >= 4 is 22.7 Å². The molecule has 0 aromatic heterocycles. The molecule has 2 atom stereocenters. The Morgan fingerprint density at radius 3 is 2.37 bits per heavy atom. The molecule has 1 rings (SSSR count). The molecule has 1 aliphatic heterocycles. The summed E-state index contributed by atoms with van der Waals surface area (Å²) in [6.45, 7) is 9.57. The number of hydrogen-bond acceptors (Lipinski definition) is 3. The molecule has 1 heterocycles. The summed E-state index contributed by atoms with van der Waals surface area (Å²) in [5.74, 6) is 0.102. The number of carbonyl (C=O) groups excluding carboxylic acids is 2. The SMILES string of the molecule is C=CCC1(C)C(=O)S[C@](C)(CCCCCCC)C1=O. The fourth-order valence-corrected chi connectivity index (χ4v) is 4.11. The number of carbonyl (C=O) groups is 2. The highest BCUT2D eigenvalue weighted by Crippen LogP contribution is 2.50. The summed E-state index contributed by atoms with van der Waals surface area (Å²) in [4.78, 5) is 24.7. The molecule has 0 aromatic carbocycles. The van der Waals surface area contributed by atoms with E-state index < -0.39 is 10.2 Å². The van der Waals surface area contributed by atoms with Crippen LogP contribution in [0.5, 0.6) is 0 Å². The van der Waals surface area contributed by atoms with Gasteiger partial charge in [-0.3, -0.25) is 9.59 Å². The van der Waals surface area contributed by atoms with Crippen molar-refractivity contribution in [2.24, 2.45) is 5.41 Å². The molecule has 0 amide bonds. The van der Waals surface area contributed by atoms with Gasteiger partial charge in [-0.15, -0.1) is 6.58 Å². The molecule has 1 fully saturated rings. The molecule has 108 valence electrons. The minimum atomic E-state index is -0.843. The van der Waals surface area contributed by atoms with Crippen LogP contribution in [0.4, 0.5) is 0 Å². The van der Waals surface area contributed by atoms with E-state index in [0.717, 1.165) is 19.3 Å². The zero-order valence-corrected chi connectivity index (χ0v) is 13.3. The summed E-state index contributed by atoms with van der Waals surface area (Å²) in [5, 5.41) is 0.0217. The van der Waals surface area contributed by atoms with E-state index in [1.165, 1.54) is 31.0 Å². The number of ketones is 1. The van der Waals surface area contributed by atoms with Crippen molar-refractivity contribution in [1.82, 2.24) is 0 Å². The van der Waals surface area contributed by atoms with Crippen molar-refractivity contribution in [3.05, 3.63) is 12.7 Å². The average Bonchev–Trinajstić information content (AvgIpc) is 2.52. The minimum Gasteiger partial charge on any atom is -0.297 e. The first kappa shape index (κ1) is 16.5. The number of Topliss-reactive ketones (excluding diaryl/α,β-unsaturated/α-hetero) is 1. The molecule has 0 spiro atoms. The van der Waals surface area contributed by atoms with Gasteiger partial charge in [0.25, 0.3) is 0 Å². The first-order valence-electron chi connectivity index (χ1n) is 7.30. The molecule has 0 aliphatic carbocycles. The van der Waals surface area contributed by atoms with Crippen molar-refractivity contribution in [3.8, 4) is 0 Å². The Labute approximate surface area is 121 Å². The van der Waals surface area contributed by atoms with E-state index in [2.05, 4.69) is 13.5 Å². The number of unbranched alkanes of at least 4 members (excludes halogenated alkanes) is 4. The van der Waals surface area contributed by atoms with Gasteiger partial charge in [-0.2, -0.15) is 0 Å². The Hall–Kier alpha value is -0.570. The third-order valence-electron chi connectivity index (χ3n) is 4.06. The van der Waals surface area contributed by atoms with Crippen molar-refractivity contribution in [2.75, 3.05) is 0 Å². The number of hydrogen-bond donors (Lipinski definition) is 0.